The molecule has 168 valence electrons. The van der Waals surface area contributed by atoms with Gasteiger partial charge in [-0.3, -0.25) is 14.9 Å². The number of nitriles is 1. The first kappa shape index (κ1) is 22.6. The van der Waals surface area contributed by atoms with Crippen LogP contribution in [0.25, 0.3) is 0 Å². The molecule has 1 aliphatic carbocycles. The lowest BCUT2D eigenvalue weighted by Crippen LogP contribution is -2.36. The van der Waals surface area contributed by atoms with Gasteiger partial charge in [-0.05, 0) is 36.6 Å². The van der Waals surface area contributed by atoms with E-state index in [0.29, 0.717) is 46.7 Å². The summed E-state index contributed by atoms with van der Waals surface area (Å²) in [5.41, 5.74) is 9.29. The number of rotatable bonds is 5. The SMILES string of the molecule is CN1C(N)=C(C#N)[C@H](c2cc(Br)ccc2OCc2cccc([N+](=O)[O-])c2)C2=C1CCCC2=O. The highest BCUT2D eigenvalue weighted by Gasteiger charge is 2.39. The fourth-order valence-corrected chi connectivity index (χ4v) is 4.75. The van der Waals surface area contributed by atoms with Crippen LogP contribution in [0.3, 0.4) is 0 Å². The van der Waals surface area contributed by atoms with Gasteiger partial charge in [0.2, 0.25) is 0 Å². The van der Waals surface area contributed by atoms with Crippen molar-refractivity contribution in [2.75, 3.05) is 7.05 Å². The summed E-state index contributed by atoms with van der Waals surface area (Å²) in [5.74, 6) is 0.148. The van der Waals surface area contributed by atoms with Gasteiger partial charge in [0.05, 0.1) is 22.5 Å². The minimum absolute atomic E-state index is 0.00189. The van der Waals surface area contributed by atoms with Crippen LogP contribution in [0.1, 0.15) is 36.3 Å². The van der Waals surface area contributed by atoms with Gasteiger partial charge in [-0.15, -0.1) is 0 Å². The van der Waals surface area contributed by atoms with E-state index in [-0.39, 0.29) is 18.1 Å². The summed E-state index contributed by atoms with van der Waals surface area (Å²) in [6, 6.07) is 13.8. The molecule has 2 aliphatic rings. The van der Waals surface area contributed by atoms with Gasteiger partial charge in [0.15, 0.2) is 5.78 Å². The lowest BCUT2D eigenvalue weighted by Gasteiger charge is -2.38. The smallest absolute Gasteiger partial charge is 0.269 e. The Bertz CT molecular complexity index is 1260. The van der Waals surface area contributed by atoms with Crippen molar-refractivity contribution in [1.29, 1.82) is 5.26 Å². The van der Waals surface area contributed by atoms with Gasteiger partial charge in [0, 0.05) is 46.9 Å². The lowest BCUT2D eigenvalue weighted by molar-refractivity contribution is -0.384. The third kappa shape index (κ3) is 4.22. The Hall–Kier alpha value is -3.64. The summed E-state index contributed by atoms with van der Waals surface area (Å²) < 4.78 is 6.84. The maximum Gasteiger partial charge on any atom is 0.269 e. The Balaban J connectivity index is 1.78. The highest BCUT2D eigenvalue weighted by atomic mass is 79.9. The Morgan fingerprint density at radius 2 is 2.09 bits per heavy atom. The van der Waals surface area contributed by atoms with Crippen LogP contribution < -0.4 is 10.5 Å². The molecular weight excluding hydrogens is 488 g/mol. The number of Topliss-reactive ketones (excluding diaryl/α,β-unsaturated/α-hetero) is 1. The van der Waals surface area contributed by atoms with Crippen LogP contribution in [0.5, 0.6) is 5.75 Å². The number of ketones is 1. The zero-order valence-corrected chi connectivity index (χ0v) is 19.5. The molecule has 2 N–H and O–H groups in total. The van der Waals surface area contributed by atoms with Crippen molar-refractivity contribution >= 4 is 27.4 Å². The highest BCUT2D eigenvalue weighted by Crippen LogP contribution is 2.47. The summed E-state index contributed by atoms with van der Waals surface area (Å²) in [6.45, 7) is 0.0872. The minimum Gasteiger partial charge on any atom is -0.489 e. The van der Waals surface area contributed by atoms with Crippen LogP contribution in [0.4, 0.5) is 5.69 Å². The zero-order valence-electron chi connectivity index (χ0n) is 17.9. The van der Waals surface area contributed by atoms with Crippen molar-refractivity contribution in [3.8, 4) is 11.8 Å². The highest BCUT2D eigenvalue weighted by molar-refractivity contribution is 9.10. The Morgan fingerprint density at radius 1 is 1.30 bits per heavy atom. The Labute approximate surface area is 199 Å². The van der Waals surface area contributed by atoms with E-state index in [0.717, 1.165) is 16.6 Å². The molecule has 33 heavy (non-hydrogen) atoms. The van der Waals surface area contributed by atoms with Crippen LogP contribution in [-0.2, 0) is 11.4 Å². The largest absolute Gasteiger partial charge is 0.489 e. The van der Waals surface area contributed by atoms with Crippen LogP contribution in [0.15, 0.2) is 69.6 Å². The normalized spacial score (nSPS) is 18.2. The topological polar surface area (TPSA) is 122 Å². The average molecular weight is 509 g/mol. The Kier molecular flexibility index (Phi) is 6.20. The number of carbonyl (C=O) groups is 1. The molecule has 9 heteroatoms. The number of carbonyl (C=O) groups excluding carboxylic acids is 1. The van der Waals surface area contributed by atoms with Crippen molar-refractivity contribution in [2.24, 2.45) is 5.73 Å². The molecule has 0 saturated carbocycles. The molecule has 0 aromatic heterocycles. The fraction of sp³-hybridized carbons (Fsp3) is 0.250. The monoisotopic (exact) mass is 508 g/mol. The van der Waals surface area contributed by atoms with Gasteiger partial charge in [0.1, 0.15) is 18.2 Å². The number of non-ortho nitro benzene ring substituents is 1. The van der Waals surface area contributed by atoms with Crippen molar-refractivity contribution in [2.45, 2.75) is 31.8 Å². The van der Waals surface area contributed by atoms with Gasteiger partial charge in [-0.2, -0.15) is 5.26 Å². The van der Waals surface area contributed by atoms with Crippen molar-refractivity contribution in [1.82, 2.24) is 4.90 Å². The average Bonchev–Trinajstić information content (AvgIpc) is 2.80. The second-order valence-corrected chi connectivity index (χ2v) is 8.85. The van der Waals surface area contributed by atoms with E-state index in [1.54, 1.807) is 36.2 Å². The van der Waals surface area contributed by atoms with Crippen LogP contribution in [0.2, 0.25) is 0 Å². The second kappa shape index (κ2) is 9.08. The van der Waals surface area contributed by atoms with Gasteiger partial charge in [-0.1, -0.05) is 28.1 Å². The summed E-state index contributed by atoms with van der Waals surface area (Å²) in [7, 11) is 1.78. The third-order valence-electron chi connectivity index (χ3n) is 5.97. The molecule has 0 fully saturated rings. The first-order valence-electron chi connectivity index (χ1n) is 10.4. The molecule has 2 aromatic rings. The van der Waals surface area contributed by atoms with Gasteiger partial charge >= 0.3 is 0 Å². The molecule has 0 spiro atoms. The van der Waals surface area contributed by atoms with E-state index in [9.17, 15) is 20.2 Å². The molecule has 0 saturated heterocycles. The number of benzene rings is 2. The van der Waals surface area contributed by atoms with E-state index >= 15 is 0 Å². The summed E-state index contributed by atoms with van der Waals surface area (Å²) in [6.07, 6.45) is 1.85. The van der Waals surface area contributed by atoms with E-state index in [4.69, 9.17) is 10.5 Å². The fourth-order valence-electron chi connectivity index (χ4n) is 4.37. The molecule has 0 radical (unpaired) electrons. The molecule has 1 atom stereocenters. The number of nitrogens with zero attached hydrogens (tertiary/aromatic N) is 3. The Morgan fingerprint density at radius 3 is 2.82 bits per heavy atom. The van der Waals surface area contributed by atoms with Gasteiger partial charge in [0.25, 0.3) is 5.69 Å². The van der Waals surface area contributed by atoms with Crippen molar-refractivity contribution in [3.63, 3.8) is 0 Å². The molecule has 1 aliphatic heterocycles. The molecule has 0 amide bonds. The number of nitrogens with two attached hydrogens (primary N) is 1. The first-order chi connectivity index (χ1) is 15.8. The van der Waals surface area contributed by atoms with E-state index in [1.807, 2.05) is 6.07 Å². The minimum atomic E-state index is -0.647. The van der Waals surface area contributed by atoms with Gasteiger partial charge in [-0.25, -0.2) is 0 Å². The van der Waals surface area contributed by atoms with E-state index in [2.05, 4.69) is 22.0 Å². The zero-order chi connectivity index (χ0) is 23.7. The molecule has 8 nitrogen and oxygen atoms in total. The molecular formula is C24H21BrN4O4. The lowest BCUT2D eigenvalue weighted by atomic mass is 9.75. The number of nitro groups is 1. The van der Waals surface area contributed by atoms with Crippen molar-refractivity contribution in [3.05, 3.63) is 90.8 Å². The van der Waals surface area contributed by atoms with Crippen molar-refractivity contribution < 1.29 is 14.5 Å². The molecule has 1 heterocycles. The summed E-state index contributed by atoms with van der Waals surface area (Å²) >= 11 is 3.48. The molecule has 0 unspecified atom stereocenters. The third-order valence-corrected chi connectivity index (χ3v) is 6.46. The number of nitro benzene ring substituents is 1. The van der Waals surface area contributed by atoms with Crippen LogP contribution >= 0.6 is 15.9 Å². The molecule has 2 aromatic carbocycles. The maximum atomic E-state index is 13.0. The summed E-state index contributed by atoms with van der Waals surface area (Å²) in [5, 5.41) is 21.1. The number of ether oxygens (including phenoxy) is 1. The standard InChI is InChI=1S/C24H21BrN4O4/c1-28-19-6-3-7-20(30)23(19)22(18(12-26)24(28)27)17-11-15(25)8-9-21(17)33-13-14-4-2-5-16(10-14)29(31)32/h2,4-5,8-11,22H,3,6-7,13,27H2,1H3/t22-/m0/s1. The van der Waals surface area contributed by atoms with E-state index in [1.165, 1.54) is 12.1 Å². The quantitative estimate of drug-likeness (QED) is 0.459. The van der Waals surface area contributed by atoms with Crippen LogP contribution in [-0.4, -0.2) is 22.7 Å². The predicted molar refractivity (Wildman–Crippen MR) is 125 cm³/mol. The molecule has 0 bridgehead atoms. The first-order valence-corrected chi connectivity index (χ1v) is 11.2. The van der Waals surface area contributed by atoms with Gasteiger partial charge < -0.3 is 15.4 Å². The number of hydrogen-bond donors (Lipinski definition) is 1. The second-order valence-electron chi connectivity index (χ2n) is 7.94. The predicted octanol–water partition coefficient (Wildman–Crippen LogP) is 4.67. The van der Waals surface area contributed by atoms with E-state index < -0.39 is 10.8 Å². The summed E-state index contributed by atoms with van der Waals surface area (Å²) in [4.78, 5) is 25.4. The number of halogens is 1. The molecule has 4 rings (SSSR count). The maximum absolute atomic E-state index is 13.0. The van der Waals surface area contributed by atoms with Crippen LogP contribution in [0, 0.1) is 21.4 Å². The number of hydrogen-bond acceptors (Lipinski definition) is 7. The number of allylic oxidation sites excluding steroid dienone is 3.